The van der Waals surface area contributed by atoms with Crippen LogP contribution in [0.5, 0.6) is 5.75 Å². The van der Waals surface area contributed by atoms with E-state index >= 15 is 0 Å². The number of hydrogen-bond donors (Lipinski definition) is 2. The van der Waals surface area contributed by atoms with Gasteiger partial charge in [0.2, 0.25) is 0 Å². The van der Waals surface area contributed by atoms with Gasteiger partial charge in [0.1, 0.15) is 30.3 Å². The van der Waals surface area contributed by atoms with Crippen molar-refractivity contribution < 1.29 is 9.13 Å². The lowest BCUT2D eigenvalue weighted by Gasteiger charge is -2.26. The number of benzene rings is 2. The fourth-order valence-electron chi connectivity index (χ4n) is 3.50. The Labute approximate surface area is 173 Å². The normalized spacial score (nSPS) is 14.8. The molecule has 3 N–H and O–H groups in total. The zero-order valence-electron chi connectivity index (χ0n) is 16.0. The first-order valence-corrected chi connectivity index (χ1v) is 10.1. The van der Waals surface area contributed by atoms with Crippen molar-refractivity contribution in [3.63, 3.8) is 0 Å². The number of aromatic nitrogens is 2. The minimum absolute atomic E-state index is 0.0391. The van der Waals surface area contributed by atoms with Crippen molar-refractivity contribution in [2.45, 2.75) is 19.3 Å². The van der Waals surface area contributed by atoms with Gasteiger partial charge >= 0.3 is 0 Å². The minimum atomic E-state index is -0.472. The number of piperidine rings is 1. The average molecular weight is 416 g/mol. The second-order valence-corrected chi connectivity index (χ2v) is 7.54. The summed E-state index contributed by atoms with van der Waals surface area (Å²) in [7, 11) is 0. The molecule has 0 amide bonds. The molecule has 1 aromatic heterocycles. The van der Waals surface area contributed by atoms with Crippen LogP contribution >= 0.6 is 11.6 Å². The van der Waals surface area contributed by atoms with Gasteiger partial charge in [0.15, 0.2) is 0 Å². The first-order chi connectivity index (χ1) is 14.1. The van der Waals surface area contributed by atoms with Gasteiger partial charge in [-0.05, 0) is 50.2 Å². The number of fused-ring (bicyclic) bond motifs is 1. The smallest absolute Gasteiger partial charge is 0.144 e. The molecule has 1 aliphatic rings. The van der Waals surface area contributed by atoms with Crippen molar-refractivity contribution in [2.24, 2.45) is 0 Å². The van der Waals surface area contributed by atoms with Crippen LogP contribution in [0.4, 0.5) is 21.6 Å². The number of rotatable bonds is 6. The van der Waals surface area contributed by atoms with Gasteiger partial charge < -0.3 is 15.8 Å². The lowest BCUT2D eigenvalue weighted by atomic mass is 10.1. The highest BCUT2D eigenvalue weighted by Crippen LogP contribution is 2.32. The Bertz CT molecular complexity index is 1010. The molecule has 1 aliphatic heterocycles. The molecule has 3 aromatic rings. The van der Waals surface area contributed by atoms with Crippen molar-refractivity contribution in [3.05, 3.63) is 47.5 Å². The molecule has 8 heteroatoms. The molecule has 29 heavy (non-hydrogen) atoms. The number of ether oxygens (including phenoxy) is 1. The molecule has 0 aliphatic carbocycles. The molecule has 2 heterocycles. The Balaban J connectivity index is 1.51. The third-order valence-corrected chi connectivity index (χ3v) is 5.35. The van der Waals surface area contributed by atoms with Crippen molar-refractivity contribution >= 4 is 39.7 Å². The number of nitrogen functional groups attached to an aromatic ring is 1. The van der Waals surface area contributed by atoms with Gasteiger partial charge in [0.05, 0.1) is 16.2 Å². The first-order valence-electron chi connectivity index (χ1n) is 9.71. The minimum Gasteiger partial charge on any atom is -0.490 e. The van der Waals surface area contributed by atoms with Gasteiger partial charge in [-0.15, -0.1) is 0 Å². The van der Waals surface area contributed by atoms with E-state index in [-0.39, 0.29) is 5.02 Å². The maximum absolute atomic E-state index is 13.4. The van der Waals surface area contributed by atoms with E-state index in [0.29, 0.717) is 35.1 Å². The molecule has 0 spiro atoms. The van der Waals surface area contributed by atoms with Crippen LogP contribution in [0.25, 0.3) is 10.9 Å². The van der Waals surface area contributed by atoms with E-state index in [1.807, 2.05) is 6.07 Å². The highest BCUT2D eigenvalue weighted by molar-refractivity contribution is 6.31. The van der Waals surface area contributed by atoms with Crippen LogP contribution in [0, 0.1) is 5.82 Å². The Morgan fingerprint density at radius 3 is 2.76 bits per heavy atom. The summed E-state index contributed by atoms with van der Waals surface area (Å²) >= 11 is 5.86. The summed E-state index contributed by atoms with van der Waals surface area (Å²) in [6, 6.07) is 8.02. The molecular weight excluding hydrogens is 393 g/mol. The van der Waals surface area contributed by atoms with E-state index in [0.717, 1.165) is 25.0 Å². The Hall–Kier alpha value is -2.64. The predicted octanol–water partition coefficient (Wildman–Crippen LogP) is 4.61. The van der Waals surface area contributed by atoms with Crippen molar-refractivity contribution in [1.29, 1.82) is 0 Å². The zero-order valence-corrected chi connectivity index (χ0v) is 16.8. The monoisotopic (exact) mass is 415 g/mol. The fraction of sp³-hybridized carbons (Fsp3) is 0.333. The van der Waals surface area contributed by atoms with E-state index < -0.39 is 5.82 Å². The van der Waals surface area contributed by atoms with Crippen LogP contribution < -0.4 is 15.8 Å². The maximum atomic E-state index is 13.4. The molecule has 0 radical (unpaired) electrons. The average Bonchev–Trinajstić information content (AvgIpc) is 2.72. The number of halogens is 2. The molecular formula is C21H23ClFN5O. The Morgan fingerprint density at radius 2 is 1.97 bits per heavy atom. The summed E-state index contributed by atoms with van der Waals surface area (Å²) in [5, 5.41) is 3.93. The zero-order chi connectivity index (χ0) is 20.2. The van der Waals surface area contributed by atoms with Crippen molar-refractivity contribution in [3.8, 4) is 5.75 Å². The third kappa shape index (κ3) is 4.68. The Kier molecular flexibility index (Phi) is 5.97. The van der Waals surface area contributed by atoms with Crippen LogP contribution in [0.3, 0.4) is 0 Å². The summed E-state index contributed by atoms with van der Waals surface area (Å²) in [6.45, 7) is 3.73. The predicted molar refractivity (Wildman–Crippen MR) is 114 cm³/mol. The van der Waals surface area contributed by atoms with Crippen molar-refractivity contribution in [2.75, 3.05) is 37.3 Å². The summed E-state index contributed by atoms with van der Waals surface area (Å²) in [5.74, 6) is 0.702. The molecule has 0 unspecified atom stereocenters. The summed E-state index contributed by atoms with van der Waals surface area (Å²) < 4.78 is 19.3. The van der Waals surface area contributed by atoms with Crippen LogP contribution in [-0.2, 0) is 0 Å². The largest absolute Gasteiger partial charge is 0.490 e. The summed E-state index contributed by atoms with van der Waals surface area (Å²) in [4.78, 5) is 11.0. The first kappa shape index (κ1) is 19.7. The number of hydrogen-bond acceptors (Lipinski definition) is 6. The van der Waals surface area contributed by atoms with Gasteiger partial charge in [-0.3, -0.25) is 4.90 Å². The van der Waals surface area contributed by atoms with E-state index in [4.69, 9.17) is 22.1 Å². The number of nitrogens with zero attached hydrogens (tertiary/aromatic N) is 3. The number of nitrogens with one attached hydrogen (secondary N) is 1. The molecule has 2 aromatic carbocycles. The summed E-state index contributed by atoms with van der Waals surface area (Å²) in [6.07, 6.45) is 5.28. The second kappa shape index (κ2) is 8.80. The van der Waals surface area contributed by atoms with Crippen molar-refractivity contribution in [1.82, 2.24) is 14.9 Å². The molecule has 1 fully saturated rings. The van der Waals surface area contributed by atoms with E-state index in [9.17, 15) is 4.39 Å². The molecule has 152 valence electrons. The summed E-state index contributed by atoms with van der Waals surface area (Å²) in [5.41, 5.74) is 8.07. The van der Waals surface area contributed by atoms with Gasteiger partial charge in [0.25, 0.3) is 0 Å². The molecule has 0 atom stereocenters. The number of anilines is 3. The van der Waals surface area contributed by atoms with Crippen LogP contribution in [0.15, 0.2) is 36.7 Å². The maximum Gasteiger partial charge on any atom is 0.144 e. The van der Waals surface area contributed by atoms with Gasteiger partial charge in [-0.25, -0.2) is 14.4 Å². The van der Waals surface area contributed by atoms with Crippen LogP contribution in [0.1, 0.15) is 19.3 Å². The second-order valence-electron chi connectivity index (χ2n) is 7.13. The number of nitrogens with two attached hydrogens (primary N) is 1. The van der Waals surface area contributed by atoms with E-state index in [1.54, 1.807) is 12.1 Å². The molecule has 0 bridgehead atoms. The van der Waals surface area contributed by atoms with Gasteiger partial charge in [0, 0.05) is 23.7 Å². The molecule has 1 saturated heterocycles. The highest BCUT2D eigenvalue weighted by Gasteiger charge is 2.12. The van der Waals surface area contributed by atoms with E-state index in [1.165, 1.54) is 37.7 Å². The third-order valence-electron chi connectivity index (χ3n) is 5.06. The molecule has 4 rings (SSSR count). The quantitative estimate of drug-likeness (QED) is 0.572. The van der Waals surface area contributed by atoms with E-state index in [2.05, 4.69) is 20.2 Å². The molecule has 6 nitrogen and oxygen atoms in total. The highest BCUT2D eigenvalue weighted by atomic mass is 35.5. The fourth-order valence-corrected chi connectivity index (χ4v) is 3.68. The van der Waals surface area contributed by atoms with Crippen LogP contribution in [-0.4, -0.2) is 41.1 Å². The standard InChI is InChI=1S/C21H23ClFN5O/c22-16-10-14(4-5-17(16)23)27-21-15-11-18(24)20(12-19(15)25-13-26-21)29-9-8-28-6-2-1-3-7-28/h4-5,10-13H,1-3,6-9,24H2,(H,25,26,27). The topological polar surface area (TPSA) is 76.3 Å². The lowest BCUT2D eigenvalue weighted by Crippen LogP contribution is -2.33. The van der Waals surface area contributed by atoms with Crippen LogP contribution in [0.2, 0.25) is 5.02 Å². The van der Waals surface area contributed by atoms with Gasteiger partial charge in [-0.2, -0.15) is 0 Å². The van der Waals surface area contributed by atoms with Gasteiger partial charge in [-0.1, -0.05) is 18.0 Å². The lowest BCUT2D eigenvalue weighted by molar-refractivity contribution is 0.184. The Morgan fingerprint density at radius 1 is 1.14 bits per heavy atom. The number of likely N-dealkylation sites (tertiary alicyclic amines) is 1. The SMILES string of the molecule is Nc1cc2c(Nc3ccc(F)c(Cl)c3)ncnc2cc1OCCN1CCCCC1. The molecule has 0 saturated carbocycles.